The van der Waals surface area contributed by atoms with Gasteiger partial charge >= 0.3 is 11.8 Å². The van der Waals surface area contributed by atoms with Gasteiger partial charge in [-0.3, -0.25) is 9.59 Å². The van der Waals surface area contributed by atoms with E-state index >= 15 is 0 Å². The van der Waals surface area contributed by atoms with E-state index in [-0.39, 0.29) is 0 Å². The van der Waals surface area contributed by atoms with Crippen molar-refractivity contribution in [1.82, 2.24) is 0 Å². The molecular weight excluding hydrogens is 370 g/mol. The monoisotopic (exact) mass is 387 g/mol. The number of benzene rings is 2. The third-order valence-electron chi connectivity index (χ3n) is 3.90. The van der Waals surface area contributed by atoms with Crippen LogP contribution < -0.4 is 15.5 Å². The van der Waals surface area contributed by atoms with E-state index in [0.29, 0.717) is 11.4 Å². The van der Waals surface area contributed by atoms with Crippen molar-refractivity contribution in [3.63, 3.8) is 0 Å². The molecule has 2 aromatic carbocycles. The Morgan fingerprint density at radius 1 is 0.792 bits per heavy atom. The Balaban J connectivity index is 1.57. The number of hydrogen-bond donors (Lipinski definition) is 2. The maximum absolute atomic E-state index is 12.0. The molecule has 0 unspecified atom stereocenters. The van der Waals surface area contributed by atoms with Crippen LogP contribution in [0.1, 0.15) is 12.8 Å². The van der Waals surface area contributed by atoms with E-state index < -0.39 is 11.8 Å². The SMILES string of the molecule is O=C(Nc1ccc(Br)cc1)C(=O)Nc1ccc(N2CCCC2)cc1. The molecule has 0 aliphatic carbocycles. The Morgan fingerprint density at radius 3 is 1.75 bits per heavy atom. The minimum Gasteiger partial charge on any atom is -0.372 e. The Kier molecular flexibility index (Phi) is 5.15. The van der Waals surface area contributed by atoms with E-state index in [4.69, 9.17) is 0 Å². The van der Waals surface area contributed by atoms with Crippen LogP contribution in [0.3, 0.4) is 0 Å². The van der Waals surface area contributed by atoms with Crippen molar-refractivity contribution in [1.29, 1.82) is 0 Å². The van der Waals surface area contributed by atoms with Crippen LogP contribution in [0.25, 0.3) is 0 Å². The van der Waals surface area contributed by atoms with Gasteiger partial charge in [0.1, 0.15) is 0 Å². The van der Waals surface area contributed by atoms with E-state index in [2.05, 4.69) is 31.5 Å². The highest BCUT2D eigenvalue weighted by atomic mass is 79.9. The van der Waals surface area contributed by atoms with Gasteiger partial charge < -0.3 is 15.5 Å². The number of anilines is 3. The van der Waals surface area contributed by atoms with Gasteiger partial charge in [0, 0.05) is 34.6 Å². The summed E-state index contributed by atoms with van der Waals surface area (Å²) in [6.45, 7) is 2.14. The van der Waals surface area contributed by atoms with Crippen LogP contribution in [0.4, 0.5) is 17.1 Å². The lowest BCUT2D eigenvalue weighted by molar-refractivity contribution is -0.132. The number of rotatable bonds is 3. The van der Waals surface area contributed by atoms with Gasteiger partial charge in [0.25, 0.3) is 0 Å². The molecule has 24 heavy (non-hydrogen) atoms. The molecule has 0 spiro atoms. The van der Waals surface area contributed by atoms with Crippen molar-refractivity contribution in [3.05, 3.63) is 53.0 Å². The Morgan fingerprint density at radius 2 is 1.25 bits per heavy atom. The van der Waals surface area contributed by atoms with E-state index in [1.807, 2.05) is 24.3 Å². The lowest BCUT2D eigenvalue weighted by Crippen LogP contribution is -2.29. The van der Waals surface area contributed by atoms with Crippen LogP contribution in [0, 0.1) is 0 Å². The number of carbonyl (C=O) groups is 2. The van der Waals surface area contributed by atoms with Gasteiger partial charge in [-0.15, -0.1) is 0 Å². The normalized spacial score (nSPS) is 13.6. The fraction of sp³-hybridized carbons (Fsp3) is 0.222. The van der Waals surface area contributed by atoms with E-state index in [9.17, 15) is 9.59 Å². The first-order valence-corrected chi connectivity index (χ1v) is 8.64. The minimum absolute atomic E-state index is 0.572. The zero-order valence-corrected chi connectivity index (χ0v) is 14.7. The Hall–Kier alpha value is -2.34. The standard InChI is InChI=1S/C18H18BrN3O2/c19-13-3-5-14(6-4-13)20-17(23)18(24)21-15-7-9-16(10-8-15)22-11-1-2-12-22/h3-10H,1-2,11-12H2,(H,20,23)(H,21,24). The molecule has 1 saturated heterocycles. The minimum atomic E-state index is -0.694. The molecule has 0 radical (unpaired) electrons. The molecule has 124 valence electrons. The molecule has 1 aliphatic rings. The van der Waals surface area contributed by atoms with Crippen LogP contribution in [-0.2, 0) is 9.59 Å². The van der Waals surface area contributed by atoms with Gasteiger partial charge in [-0.25, -0.2) is 0 Å². The van der Waals surface area contributed by atoms with Gasteiger partial charge in [0.15, 0.2) is 0 Å². The molecule has 0 saturated carbocycles. The zero-order valence-electron chi connectivity index (χ0n) is 13.1. The van der Waals surface area contributed by atoms with Gasteiger partial charge in [0.05, 0.1) is 0 Å². The topological polar surface area (TPSA) is 61.4 Å². The highest BCUT2D eigenvalue weighted by molar-refractivity contribution is 9.10. The summed E-state index contributed by atoms with van der Waals surface area (Å²) in [5.74, 6) is -1.38. The molecule has 3 rings (SSSR count). The molecule has 1 aliphatic heterocycles. The molecule has 6 heteroatoms. The van der Waals surface area contributed by atoms with Crippen molar-refractivity contribution in [2.45, 2.75) is 12.8 Å². The lowest BCUT2D eigenvalue weighted by Gasteiger charge is -2.17. The molecule has 1 fully saturated rings. The summed E-state index contributed by atoms with van der Waals surface area (Å²) in [7, 11) is 0. The van der Waals surface area contributed by atoms with Crippen LogP contribution >= 0.6 is 15.9 Å². The van der Waals surface area contributed by atoms with Crippen molar-refractivity contribution >= 4 is 44.8 Å². The number of hydrogen-bond acceptors (Lipinski definition) is 3. The Labute approximate surface area is 149 Å². The average Bonchev–Trinajstić information content (AvgIpc) is 3.12. The van der Waals surface area contributed by atoms with Crippen LogP contribution in [-0.4, -0.2) is 24.9 Å². The number of halogens is 1. The fourth-order valence-electron chi connectivity index (χ4n) is 2.64. The van der Waals surface area contributed by atoms with Gasteiger partial charge in [-0.1, -0.05) is 15.9 Å². The second-order valence-corrected chi connectivity index (χ2v) is 6.57. The Bertz CT molecular complexity index is 723. The first-order valence-electron chi connectivity index (χ1n) is 7.85. The van der Waals surface area contributed by atoms with Crippen molar-refractivity contribution in [2.75, 3.05) is 28.6 Å². The predicted molar refractivity (Wildman–Crippen MR) is 99.3 cm³/mol. The quantitative estimate of drug-likeness (QED) is 0.790. The summed E-state index contributed by atoms with van der Waals surface area (Å²) in [4.78, 5) is 26.2. The van der Waals surface area contributed by atoms with Crippen molar-refractivity contribution in [3.8, 4) is 0 Å². The van der Waals surface area contributed by atoms with E-state index in [0.717, 1.165) is 23.2 Å². The highest BCUT2D eigenvalue weighted by Crippen LogP contribution is 2.22. The fourth-order valence-corrected chi connectivity index (χ4v) is 2.90. The summed E-state index contributed by atoms with van der Waals surface area (Å²) >= 11 is 3.32. The van der Waals surface area contributed by atoms with Crippen molar-refractivity contribution in [2.24, 2.45) is 0 Å². The maximum Gasteiger partial charge on any atom is 0.314 e. The number of nitrogens with one attached hydrogen (secondary N) is 2. The smallest absolute Gasteiger partial charge is 0.314 e. The average molecular weight is 388 g/mol. The van der Waals surface area contributed by atoms with Crippen molar-refractivity contribution < 1.29 is 9.59 Å². The summed E-state index contributed by atoms with van der Waals surface area (Å²) in [5.41, 5.74) is 2.32. The van der Waals surface area contributed by atoms with Crippen LogP contribution in [0.15, 0.2) is 53.0 Å². The summed E-state index contributed by atoms with van der Waals surface area (Å²) < 4.78 is 0.906. The third-order valence-corrected chi connectivity index (χ3v) is 4.43. The molecule has 5 nitrogen and oxygen atoms in total. The zero-order chi connectivity index (χ0) is 16.9. The first kappa shape index (κ1) is 16.5. The second kappa shape index (κ2) is 7.49. The maximum atomic E-state index is 12.0. The van der Waals surface area contributed by atoms with Crippen LogP contribution in [0.5, 0.6) is 0 Å². The lowest BCUT2D eigenvalue weighted by atomic mass is 10.2. The second-order valence-electron chi connectivity index (χ2n) is 5.66. The van der Waals surface area contributed by atoms with Gasteiger partial charge in [-0.2, -0.15) is 0 Å². The molecule has 0 bridgehead atoms. The highest BCUT2D eigenvalue weighted by Gasteiger charge is 2.15. The summed E-state index contributed by atoms with van der Waals surface area (Å²) in [6.07, 6.45) is 2.43. The molecule has 1 heterocycles. The third kappa shape index (κ3) is 4.14. The molecule has 0 aromatic heterocycles. The molecule has 2 amide bonds. The first-order chi connectivity index (χ1) is 11.6. The molecule has 0 atom stereocenters. The number of nitrogens with zero attached hydrogens (tertiary/aromatic N) is 1. The summed E-state index contributed by atoms with van der Waals surface area (Å²) in [5, 5.41) is 5.18. The molecular formula is C18H18BrN3O2. The van der Waals surface area contributed by atoms with E-state index in [1.165, 1.54) is 12.8 Å². The van der Waals surface area contributed by atoms with Crippen LogP contribution in [0.2, 0.25) is 0 Å². The number of carbonyl (C=O) groups excluding carboxylic acids is 2. The largest absolute Gasteiger partial charge is 0.372 e. The number of amides is 2. The predicted octanol–water partition coefficient (Wildman–Crippen LogP) is 3.63. The molecule has 2 aromatic rings. The van der Waals surface area contributed by atoms with Gasteiger partial charge in [-0.05, 0) is 61.4 Å². The van der Waals surface area contributed by atoms with E-state index in [1.54, 1.807) is 24.3 Å². The van der Waals surface area contributed by atoms with Gasteiger partial charge in [0.2, 0.25) is 0 Å². The molecule has 2 N–H and O–H groups in total. The summed E-state index contributed by atoms with van der Waals surface area (Å²) in [6, 6.07) is 14.6.